The molecule has 0 bridgehead atoms. The van der Waals surface area contributed by atoms with Gasteiger partial charge in [-0.25, -0.2) is 4.21 Å². The summed E-state index contributed by atoms with van der Waals surface area (Å²) in [6.45, 7) is -0.338. The highest BCUT2D eigenvalue weighted by molar-refractivity contribution is 8.26. The van der Waals surface area contributed by atoms with Gasteiger partial charge in [-0.3, -0.25) is 9.59 Å². The molecule has 0 radical (unpaired) electrons. The number of alkyl halides is 1. The Hall–Kier alpha value is -1.52. The summed E-state index contributed by atoms with van der Waals surface area (Å²) in [5, 5.41) is 25.8. The normalized spacial score (nSPS) is 8.81. The SMILES string of the molecule is C.C.O=S(Cl)Cl.O=c1cc(CCl)occ1O.O=c1cc(CO)occ1O. The minimum Gasteiger partial charge on any atom is -0.502 e. The van der Waals surface area contributed by atoms with E-state index in [2.05, 4.69) is 25.8 Å². The van der Waals surface area contributed by atoms with Gasteiger partial charge in [-0.15, -0.1) is 11.6 Å². The molecule has 150 valence electrons. The predicted octanol–water partition coefficient (Wildman–Crippen LogP) is 3.24. The van der Waals surface area contributed by atoms with Gasteiger partial charge in [0.2, 0.25) is 20.1 Å². The smallest absolute Gasteiger partial charge is 0.226 e. The van der Waals surface area contributed by atoms with Gasteiger partial charge in [0, 0.05) is 33.5 Å². The Kier molecular flexibility index (Phi) is 17.7. The largest absolute Gasteiger partial charge is 0.502 e. The molecule has 0 amide bonds. The van der Waals surface area contributed by atoms with Crippen LogP contribution in [0.3, 0.4) is 0 Å². The van der Waals surface area contributed by atoms with Gasteiger partial charge in [0.05, 0.1) is 5.88 Å². The Morgan fingerprint density at radius 1 is 0.923 bits per heavy atom. The molecule has 0 atom stereocenters. The molecule has 26 heavy (non-hydrogen) atoms. The Morgan fingerprint density at radius 2 is 1.27 bits per heavy atom. The molecule has 0 saturated carbocycles. The molecule has 0 saturated heterocycles. The minimum atomic E-state index is -1.67. The quantitative estimate of drug-likeness (QED) is 0.465. The van der Waals surface area contributed by atoms with E-state index in [1.165, 1.54) is 0 Å². The zero-order valence-corrected chi connectivity index (χ0v) is 14.7. The van der Waals surface area contributed by atoms with Crippen LogP contribution in [0.15, 0.2) is 43.1 Å². The van der Waals surface area contributed by atoms with Crippen LogP contribution in [0, 0.1) is 0 Å². The van der Waals surface area contributed by atoms with Crippen molar-refractivity contribution in [1.82, 2.24) is 0 Å². The van der Waals surface area contributed by atoms with Gasteiger partial charge in [0.25, 0.3) is 0 Å². The number of rotatable bonds is 2. The fourth-order valence-electron chi connectivity index (χ4n) is 1.04. The van der Waals surface area contributed by atoms with Crippen LogP contribution in [0.2, 0.25) is 0 Å². The van der Waals surface area contributed by atoms with Crippen LogP contribution in [-0.4, -0.2) is 19.5 Å². The van der Waals surface area contributed by atoms with Crippen LogP contribution in [-0.2, 0) is 21.7 Å². The van der Waals surface area contributed by atoms with Crippen LogP contribution in [0.25, 0.3) is 0 Å². The van der Waals surface area contributed by atoms with Crippen LogP contribution in [0.4, 0.5) is 0 Å². The number of hydrogen-bond acceptors (Lipinski definition) is 8. The number of aliphatic hydroxyl groups excluding tert-OH is 1. The van der Waals surface area contributed by atoms with Crippen molar-refractivity contribution in [3.05, 3.63) is 56.6 Å². The van der Waals surface area contributed by atoms with Gasteiger partial charge in [-0.1, -0.05) is 14.9 Å². The van der Waals surface area contributed by atoms with Gasteiger partial charge < -0.3 is 24.2 Å². The molecule has 2 heterocycles. The lowest BCUT2D eigenvalue weighted by Gasteiger charge is -1.92. The summed E-state index contributed by atoms with van der Waals surface area (Å²) < 4.78 is 18.4. The van der Waals surface area contributed by atoms with Crippen molar-refractivity contribution in [2.75, 3.05) is 0 Å². The highest BCUT2D eigenvalue weighted by atomic mass is 36.0. The topological polar surface area (TPSA) is 138 Å². The Balaban J connectivity index is -0.000000319. The zero-order chi connectivity index (χ0) is 18.7. The number of halogens is 3. The van der Waals surface area contributed by atoms with Gasteiger partial charge in [-0.05, 0) is 0 Å². The van der Waals surface area contributed by atoms with E-state index < -0.39 is 31.6 Å². The van der Waals surface area contributed by atoms with E-state index in [4.69, 9.17) is 35.5 Å². The third-order valence-electron chi connectivity index (χ3n) is 2.02. The van der Waals surface area contributed by atoms with E-state index in [0.717, 1.165) is 24.7 Å². The third-order valence-corrected chi connectivity index (χ3v) is 2.28. The molecular formula is C14H19Cl3O8S. The maximum absolute atomic E-state index is 10.6. The lowest BCUT2D eigenvalue weighted by atomic mass is 10.4. The monoisotopic (exact) mass is 452 g/mol. The molecule has 0 unspecified atom stereocenters. The third kappa shape index (κ3) is 12.8. The minimum absolute atomic E-state index is 0. The van der Waals surface area contributed by atoms with E-state index in [9.17, 15) is 9.59 Å². The van der Waals surface area contributed by atoms with Crippen LogP contribution in [0.5, 0.6) is 11.5 Å². The van der Waals surface area contributed by atoms with Crippen molar-refractivity contribution in [1.29, 1.82) is 0 Å². The van der Waals surface area contributed by atoms with Crippen molar-refractivity contribution >= 4 is 42.2 Å². The second kappa shape index (κ2) is 15.7. The molecule has 0 aliphatic carbocycles. The Labute approximate surface area is 166 Å². The van der Waals surface area contributed by atoms with Gasteiger partial charge in [0.15, 0.2) is 11.5 Å². The molecule has 2 rings (SSSR count). The summed E-state index contributed by atoms with van der Waals surface area (Å²) in [6, 6.07) is 2.19. The summed E-state index contributed by atoms with van der Waals surface area (Å²) in [4.78, 5) is 21.2. The summed E-state index contributed by atoms with van der Waals surface area (Å²) in [5.41, 5.74) is -1.02. The fraction of sp³-hybridized carbons (Fsp3) is 0.286. The molecule has 0 aliphatic rings. The fourth-order valence-corrected chi connectivity index (χ4v) is 1.18. The number of hydrogen-bond donors (Lipinski definition) is 3. The van der Waals surface area contributed by atoms with Gasteiger partial charge in [0.1, 0.15) is 30.7 Å². The Morgan fingerprint density at radius 3 is 1.58 bits per heavy atom. The van der Waals surface area contributed by atoms with E-state index in [1.54, 1.807) is 0 Å². The molecule has 2 aromatic rings. The lowest BCUT2D eigenvalue weighted by Crippen LogP contribution is -1.99. The zero-order valence-electron chi connectivity index (χ0n) is 11.6. The highest BCUT2D eigenvalue weighted by Gasteiger charge is 1.99. The van der Waals surface area contributed by atoms with Crippen molar-refractivity contribution in [2.45, 2.75) is 27.3 Å². The second-order valence-corrected chi connectivity index (χ2v) is 6.46. The summed E-state index contributed by atoms with van der Waals surface area (Å²) in [7, 11) is 7.36. The Bertz CT molecular complexity index is 712. The van der Waals surface area contributed by atoms with Gasteiger partial charge >= 0.3 is 0 Å². The van der Waals surface area contributed by atoms with Crippen LogP contribution >= 0.6 is 33.0 Å². The molecule has 8 nitrogen and oxygen atoms in total. The maximum Gasteiger partial charge on any atom is 0.226 e. The first-order valence-electron chi connectivity index (χ1n) is 5.73. The molecular weight excluding hydrogens is 435 g/mol. The molecule has 0 aliphatic heterocycles. The predicted molar refractivity (Wildman–Crippen MR) is 102 cm³/mol. The first-order chi connectivity index (χ1) is 11.2. The molecule has 3 N–H and O–H groups in total. The summed E-state index contributed by atoms with van der Waals surface area (Å²) >= 11 is 5.34. The van der Waals surface area contributed by atoms with Crippen LogP contribution in [0.1, 0.15) is 26.4 Å². The van der Waals surface area contributed by atoms with Crippen molar-refractivity contribution in [3.8, 4) is 11.5 Å². The van der Waals surface area contributed by atoms with E-state index in [-0.39, 0.29) is 33.1 Å². The van der Waals surface area contributed by atoms with Gasteiger partial charge in [-0.2, -0.15) is 0 Å². The summed E-state index contributed by atoms with van der Waals surface area (Å²) in [5.74, 6) is -0.214. The number of aromatic hydroxyl groups is 2. The summed E-state index contributed by atoms with van der Waals surface area (Å²) in [6.07, 6.45) is 1.87. The second-order valence-electron chi connectivity index (χ2n) is 3.67. The van der Waals surface area contributed by atoms with E-state index in [1.807, 2.05) is 0 Å². The number of aliphatic hydroxyl groups is 1. The molecule has 2 aromatic heterocycles. The maximum atomic E-state index is 10.6. The van der Waals surface area contributed by atoms with E-state index >= 15 is 0 Å². The van der Waals surface area contributed by atoms with Crippen molar-refractivity contribution in [3.63, 3.8) is 0 Å². The average molecular weight is 454 g/mol. The van der Waals surface area contributed by atoms with Crippen molar-refractivity contribution < 1.29 is 28.4 Å². The van der Waals surface area contributed by atoms with Crippen LogP contribution < -0.4 is 10.9 Å². The molecule has 0 spiro atoms. The van der Waals surface area contributed by atoms with Crippen molar-refractivity contribution in [2.24, 2.45) is 0 Å². The average Bonchev–Trinajstić information content (AvgIpc) is 2.53. The first-order valence-corrected chi connectivity index (χ1v) is 9.07. The first kappa shape index (κ1) is 29.3. The van der Waals surface area contributed by atoms with E-state index in [0.29, 0.717) is 5.76 Å². The molecule has 0 fully saturated rings. The molecule has 0 aromatic carbocycles. The standard InChI is InChI=1S/C6H5ClO3.C6H6O4.2CH4.Cl2OS/c2*7-2-4-1-5(8)6(9)3-10-4;;;1-4(2)3/h1,3,9H,2H2;1,3,7,9H,2H2;2*1H4;. The lowest BCUT2D eigenvalue weighted by molar-refractivity contribution is 0.241. The highest BCUT2D eigenvalue weighted by Crippen LogP contribution is 2.05. The molecule has 12 heteroatoms.